The molecule has 2 rings (SSSR count). The maximum atomic E-state index is 11.9. The Kier molecular flexibility index (Phi) is 2.64. The van der Waals surface area contributed by atoms with Crippen molar-refractivity contribution >= 4 is 28.4 Å². The van der Waals surface area contributed by atoms with Crippen LogP contribution in [0.3, 0.4) is 0 Å². The van der Waals surface area contributed by atoms with E-state index in [1.54, 1.807) is 38.1 Å². The van der Waals surface area contributed by atoms with Crippen LogP contribution in [0.15, 0.2) is 24.3 Å². The summed E-state index contributed by atoms with van der Waals surface area (Å²) in [6.07, 6.45) is 0. The number of carbonyl (C=O) groups is 1. The lowest BCUT2D eigenvalue weighted by atomic mass is 10.2. The van der Waals surface area contributed by atoms with Crippen LogP contribution in [-0.4, -0.2) is 15.6 Å². The molecule has 1 aromatic heterocycles. The summed E-state index contributed by atoms with van der Waals surface area (Å²) in [7, 11) is 0. The first-order chi connectivity index (χ1) is 7.50. The third-order valence-corrected chi connectivity index (χ3v) is 2.69. The number of carbonyl (C=O) groups excluding carboxylic acids is 1. The molecule has 16 heavy (non-hydrogen) atoms. The van der Waals surface area contributed by atoms with Crippen molar-refractivity contribution in [2.45, 2.75) is 13.8 Å². The van der Waals surface area contributed by atoms with Crippen LogP contribution in [0.1, 0.15) is 18.6 Å². The number of benzene rings is 1. The van der Waals surface area contributed by atoms with Crippen molar-refractivity contribution in [1.29, 1.82) is 0 Å². The van der Waals surface area contributed by atoms with E-state index in [2.05, 4.69) is 0 Å². The second-order valence-corrected chi connectivity index (χ2v) is 4.47. The fourth-order valence-electron chi connectivity index (χ4n) is 1.66. The lowest BCUT2D eigenvalue weighted by molar-refractivity contribution is 0.0851. The standard InChI is InChI=1S/C12H12ClNO2/c1-7(2)12(16)14-10-4-3-9(13)5-8(10)6-11(14)15/h3-7,15H,1-2H3. The summed E-state index contributed by atoms with van der Waals surface area (Å²) in [5.74, 6) is -0.344. The van der Waals surface area contributed by atoms with Crippen molar-refractivity contribution < 1.29 is 9.90 Å². The van der Waals surface area contributed by atoms with Crippen LogP contribution in [0.25, 0.3) is 10.9 Å². The zero-order valence-corrected chi connectivity index (χ0v) is 9.82. The Morgan fingerprint density at radius 2 is 2.06 bits per heavy atom. The van der Waals surface area contributed by atoms with E-state index < -0.39 is 0 Å². The maximum absolute atomic E-state index is 11.9. The molecule has 0 aliphatic heterocycles. The van der Waals surface area contributed by atoms with E-state index in [9.17, 15) is 9.90 Å². The summed E-state index contributed by atoms with van der Waals surface area (Å²) in [6, 6.07) is 6.70. The second-order valence-electron chi connectivity index (χ2n) is 4.03. The molecule has 0 radical (unpaired) electrons. The molecule has 2 aromatic rings. The molecule has 84 valence electrons. The van der Waals surface area contributed by atoms with E-state index in [1.807, 2.05) is 0 Å². The van der Waals surface area contributed by atoms with Gasteiger partial charge < -0.3 is 5.11 Å². The Labute approximate surface area is 98.3 Å². The fourth-order valence-corrected chi connectivity index (χ4v) is 1.84. The second kappa shape index (κ2) is 3.83. The number of aromatic nitrogens is 1. The highest BCUT2D eigenvalue weighted by atomic mass is 35.5. The minimum absolute atomic E-state index is 0.0454. The minimum Gasteiger partial charge on any atom is -0.494 e. The van der Waals surface area contributed by atoms with E-state index in [-0.39, 0.29) is 17.7 Å². The summed E-state index contributed by atoms with van der Waals surface area (Å²) in [5, 5.41) is 11.1. The highest BCUT2D eigenvalue weighted by Crippen LogP contribution is 2.27. The Hall–Kier alpha value is -1.48. The molecule has 0 bridgehead atoms. The Bertz CT molecular complexity index is 557. The van der Waals surface area contributed by atoms with E-state index in [4.69, 9.17) is 11.6 Å². The van der Waals surface area contributed by atoms with E-state index in [0.717, 1.165) is 5.39 Å². The van der Waals surface area contributed by atoms with E-state index in [1.165, 1.54) is 4.57 Å². The first-order valence-electron chi connectivity index (χ1n) is 5.05. The van der Waals surface area contributed by atoms with Crippen molar-refractivity contribution in [2.75, 3.05) is 0 Å². The molecular formula is C12H12ClNO2. The van der Waals surface area contributed by atoms with Gasteiger partial charge in [-0.1, -0.05) is 25.4 Å². The lowest BCUT2D eigenvalue weighted by Gasteiger charge is -2.08. The van der Waals surface area contributed by atoms with Crippen molar-refractivity contribution in [3.8, 4) is 5.88 Å². The van der Waals surface area contributed by atoms with Gasteiger partial charge in [0.2, 0.25) is 5.91 Å². The van der Waals surface area contributed by atoms with Crippen LogP contribution in [0.4, 0.5) is 0 Å². The molecule has 0 amide bonds. The summed E-state index contributed by atoms with van der Waals surface area (Å²) in [6.45, 7) is 3.59. The van der Waals surface area contributed by atoms with Crippen molar-refractivity contribution in [3.05, 3.63) is 29.3 Å². The van der Waals surface area contributed by atoms with Gasteiger partial charge >= 0.3 is 0 Å². The van der Waals surface area contributed by atoms with Gasteiger partial charge in [0.05, 0.1) is 5.52 Å². The summed E-state index contributed by atoms with van der Waals surface area (Å²) < 4.78 is 1.32. The van der Waals surface area contributed by atoms with Crippen LogP contribution in [0.5, 0.6) is 5.88 Å². The predicted molar refractivity (Wildman–Crippen MR) is 64.1 cm³/mol. The maximum Gasteiger partial charge on any atom is 0.236 e. The van der Waals surface area contributed by atoms with Gasteiger partial charge in [0.1, 0.15) is 0 Å². The molecular weight excluding hydrogens is 226 g/mol. The largest absolute Gasteiger partial charge is 0.494 e. The fraction of sp³-hybridized carbons (Fsp3) is 0.250. The summed E-state index contributed by atoms with van der Waals surface area (Å²) >= 11 is 5.85. The van der Waals surface area contributed by atoms with Crippen LogP contribution >= 0.6 is 11.6 Å². The van der Waals surface area contributed by atoms with Gasteiger partial charge in [0.25, 0.3) is 0 Å². The molecule has 1 N–H and O–H groups in total. The molecule has 0 unspecified atom stereocenters. The van der Waals surface area contributed by atoms with Crippen LogP contribution < -0.4 is 0 Å². The first kappa shape index (κ1) is 11.0. The Morgan fingerprint density at radius 1 is 1.38 bits per heavy atom. The molecule has 0 aliphatic rings. The van der Waals surface area contributed by atoms with Gasteiger partial charge in [-0.2, -0.15) is 0 Å². The molecule has 3 nitrogen and oxygen atoms in total. The van der Waals surface area contributed by atoms with Gasteiger partial charge in [0.15, 0.2) is 5.88 Å². The number of hydrogen-bond acceptors (Lipinski definition) is 2. The molecule has 0 spiro atoms. The highest BCUT2D eigenvalue weighted by Gasteiger charge is 2.17. The number of rotatable bonds is 1. The van der Waals surface area contributed by atoms with E-state index >= 15 is 0 Å². The molecule has 0 fully saturated rings. The number of halogens is 1. The first-order valence-corrected chi connectivity index (χ1v) is 5.42. The lowest BCUT2D eigenvalue weighted by Crippen LogP contribution is -2.16. The van der Waals surface area contributed by atoms with Crippen molar-refractivity contribution in [3.63, 3.8) is 0 Å². The zero-order valence-electron chi connectivity index (χ0n) is 9.07. The third-order valence-electron chi connectivity index (χ3n) is 2.46. The highest BCUT2D eigenvalue weighted by molar-refractivity contribution is 6.31. The molecule has 1 heterocycles. The van der Waals surface area contributed by atoms with Crippen LogP contribution in [-0.2, 0) is 0 Å². The Balaban J connectivity index is 2.70. The normalized spacial score (nSPS) is 11.2. The average molecular weight is 238 g/mol. The Morgan fingerprint density at radius 3 is 2.69 bits per heavy atom. The third kappa shape index (κ3) is 1.67. The molecule has 0 saturated heterocycles. The summed E-state index contributed by atoms with van der Waals surface area (Å²) in [4.78, 5) is 11.9. The number of hydrogen-bond donors (Lipinski definition) is 1. The van der Waals surface area contributed by atoms with Gasteiger partial charge in [-0.05, 0) is 18.2 Å². The van der Waals surface area contributed by atoms with Crippen LogP contribution in [0, 0.1) is 5.92 Å². The molecule has 1 aromatic carbocycles. The average Bonchev–Trinajstić information content (AvgIpc) is 2.51. The predicted octanol–water partition coefficient (Wildman–Crippen LogP) is 3.30. The van der Waals surface area contributed by atoms with Gasteiger partial charge in [-0.25, -0.2) is 0 Å². The number of nitrogens with zero attached hydrogens (tertiary/aromatic N) is 1. The van der Waals surface area contributed by atoms with Gasteiger partial charge in [0, 0.05) is 22.4 Å². The number of fused-ring (bicyclic) bond motifs is 1. The smallest absolute Gasteiger partial charge is 0.236 e. The SMILES string of the molecule is CC(C)C(=O)n1c(O)cc2cc(Cl)ccc21. The van der Waals surface area contributed by atoms with E-state index in [0.29, 0.717) is 10.5 Å². The molecule has 0 saturated carbocycles. The topological polar surface area (TPSA) is 42.2 Å². The molecule has 0 atom stereocenters. The van der Waals surface area contributed by atoms with Crippen molar-refractivity contribution in [1.82, 2.24) is 4.57 Å². The van der Waals surface area contributed by atoms with Gasteiger partial charge in [-0.3, -0.25) is 9.36 Å². The molecule has 0 aliphatic carbocycles. The minimum atomic E-state index is -0.169. The van der Waals surface area contributed by atoms with Gasteiger partial charge in [-0.15, -0.1) is 0 Å². The van der Waals surface area contributed by atoms with Crippen molar-refractivity contribution in [2.24, 2.45) is 5.92 Å². The summed E-state index contributed by atoms with van der Waals surface area (Å²) in [5.41, 5.74) is 0.681. The zero-order chi connectivity index (χ0) is 11.9. The van der Waals surface area contributed by atoms with Crippen LogP contribution in [0.2, 0.25) is 5.02 Å². The monoisotopic (exact) mass is 237 g/mol. The quantitative estimate of drug-likeness (QED) is 0.827. The molecule has 4 heteroatoms. The number of aromatic hydroxyl groups is 1.